The molecule has 32 heavy (non-hydrogen) atoms. The Morgan fingerprint density at radius 3 is 2.47 bits per heavy atom. The second-order valence-electron chi connectivity index (χ2n) is 6.71. The number of nitroso groups, excluding NO2 is 1. The number of halogens is 1. The molecule has 2 aliphatic heterocycles. The summed E-state index contributed by atoms with van der Waals surface area (Å²) in [6.07, 6.45) is 0.932. The van der Waals surface area contributed by atoms with Gasteiger partial charge in [-0.15, -0.1) is 0 Å². The first-order valence-electron chi connectivity index (χ1n) is 9.70. The summed E-state index contributed by atoms with van der Waals surface area (Å²) in [5.74, 6) is 0. The molecule has 1 saturated heterocycles. The van der Waals surface area contributed by atoms with E-state index in [1.807, 2.05) is 28.4 Å². The first kappa shape index (κ1) is 25.6. The van der Waals surface area contributed by atoms with Crippen LogP contribution in [0.4, 0.5) is 16.2 Å². The molecule has 2 aromatic carbocycles. The minimum atomic E-state index is -1.44. The number of aliphatic hydroxyl groups excluding tert-OH is 1. The third-order valence-corrected chi connectivity index (χ3v) is 6.86. The molecule has 1 fully saturated rings. The molecule has 1 atom stereocenters. The Morgan fingerprint density at radius 1 is 1.16 bits per heavy atom. The molecule has 4 rings (SSSR count). The van der Waals surface area contributed by atoms with Gasteiger partial charge < -0.3 is 14.6 Å². The van der Waals surface area contributed by atoms with Crippen LogP contribution in [-0.4, -0.2) is 52.7 Å². The van der Waals surface area contributed by atoms with Crippen molar-refractivity contribution in [3.05, 3.63) is 58.0 Å². The average Bonchev–Trinajstić information content (AvgIpc) is 2.86. The van der Waals surface area contributed by atoms with E-state index in [9.17, 15) is 13.9 Å². The monoisotopic (exact) mass is 482 g/mol. The van der Waals surface area contributed by atoms with E-state index >= 15 is 0 Å². The van der Waals surface area contributed by atoms with Crippen LogP contribution in [0.2, 0.25) is 5.02 Å². The number of nitrogens with zero attached hydrogens (tertiary/aromatic N) is 2. The van der Waals surface area contributed by atoms with Crippen molar-refractivity contribution in [3.8, 4) is 0 Å². The van der Waals surface area contributed by atoms with E-state index in [1.165, 1.54) is 0 Å². The minimum Gasteiger partial charge on any atom is -0.444 e. The van der Waals surface area contributed by atoms with Crippen molar-refractivity contribution in [2.75, 3.05) is 25.1 Å². The highest BCUT2D eigenvalue weighted by molar-refractivity contribution is 7.82. The van der Waals surface area contributed by atoms with Gasteiger partial charge in [0.15, 0.2) is 0 Å². The smallest absolute Gasteiger partial charge is 0.414 e. The van der Waals surface area contributed by atoms with E-state index in [0.717, 1.165) is 18.4 Å². The number of aliphatic hydroxyl groups is 1. The summed E-state index contributed by atoms with van der Waals surface area (Å²) < 4.78 is 20.0. The molecule has 2 aliphatic rings. The number of fused-ring (bicyclic) bond motifs is 1. The van der Waals surface area contributed by atoms with E-state index in [4.69, 9.17) is 26.2 Å². The maximum Gasteiger partial charge on any atom is 0.414 e. The first-order chi connectivity index (χ1) is 15.6. The van der Waals surface area contributed by atoms with Crippen LogP contribution < -0.4 is 10.1 Å². The number of ether oxygens (including phenoxy) is 1. The molecule has 9 nitrogen and oxygen atoms in total. The van der Waals surface area contributed by atoms with Crippen LogP contribution in [0.15, 0.2) is 47.4 Å². The van der Waals surface area contributed by atoms with Gasteiger partial charge in [0.05, 0.1) is 5.69 Å². The van der Waals surface area contributed by atoms with E-state index in [-0.39, 0.29) is 18.7 Å². The minimum absolute atomic E-state index is 0.0474. The lowest BCUT2D eigenvalue weighted by Crippen LogP contribution is -2.57. The Balaban J connectivity index is 0.000000860. The number of cyclic esters (lactones) is 1. The molecule has 2 heterocycles. The van der Waals surface area contributed by atoms with Crippen molar-refractivity contribution >= 4 is 46.8 Å². The number of benzene rings is 2. The van der Waals surface area contributed by atoms with Crippen molar-refractivity contribution in [1.82, 2.24) is 4.31 Å². The highest BCUT2D eigenvalue weighted by Crippen LogP contribution is 2.34. The predicted octanol–water partition coefficient (Wildman–Crippen LogP) is 1.89. The van der Waals surface area contributed by atoms with Crippen molar-refractivity contribution in [1.29, 1.82) is 0 Å². The van der Waals surface area contributed by atoms with Crippen LogP contribution in [0.5, 0.6) is 0 Å². The molecule has 0 saturated carbocycles. The molecule has 2 aromatic rings. The third-order valence-electron chi connectivity index (χ3n) is 5.06. The lowest BCUT2D eigenvalue weighted by atomic mass is 10.0. The predicted molar refractivity (Wildman–Crippen MR) is 121 cm³/mol. The van der Waals surface area contributed by atoms with Gasteiger partial charge in [0, 0.05) is 53.0 Å². The number of hydrogen-bond donors (Lipinski definition) is 2. The Labute approximate surface area is 193 Å². The van der Waals surface area contributed by atoms with Gasteiger partial charge in [-0.1, -0.05) is 23.7 Å². The SMILES string of the molecule is C=O.CO.O=[NH+]c1ccccc1S(=O)N1CCC(N2C(=O)OCc3cc(Cl)ccc32)CC1. The lowest BCUT2D eigenvalue weighted by Gasteiger charge is -2.39. The van der Waals surface area contributed by atoms with Gasteiger partial charge in [-0.3, -0.25) is 4.90 Å². The normalized spacial score (nSPS) is 17.0. The second-order valence-corrected chi connectivity index (χ2v) is 8.60. The Hall–Kier alpha value is -2.66. The van der Waals surface area contributed by atoms with Gasteiger partial charge in [-0.2, -0.15) is 0 Å². The summed E-state index contributed by atoms with van der Waals surface area (Å²) in [6, 6.07) is 12.2. The molecule has 0 spiro atoms. The average molecular weight is 483 g/mol. The standard InChI is InChI=1S/C19H18ClN3O4S.CH4O.CH2O/c20-14-5-6-17-13(11-14)12-27-19(24)23(17)15-7-9-22(10-8-15)28(26)18-4-2-1-3-16(18)21-25;2*1-2/h1-6,11,15H,7-10,12H2;2H,1H3;1H2/p+1. The largest absolute Gasteiger partial charge is 0.444 e. The van der Waals surface area contributed by atoms with Gasteiger partial charge in [0.1, 0.15) is 29.3 Å². The fourth-order valence-electron chi connectivity index (χ4n) is 3.67. The van der Waals surface area contributed by atoms with Gasteiger partial charge in [-0.05, 0) is 37.1 Å². The number of piperidine rings is 1. The van der Waals surface area contributed by atoms with Crippen molar-refractivity contribution in [3.63, 3.8) is 0 Å². The van der Waals surface area contributed by atoms with Gasteiger partial charge in [0.25, 0.3) is 5.69 Å². The topological polar surface area (TPSA) is 118 Å². The van der Waals surface area contributed by atoms with Gasteiger partial charge in [0.2, 0.25) is 0 Å². The summed E-state index contributed by atoms with van der Waals surface area (Å²) >= 11 is 6.06. The summed E-state index contributed by atoms with van der Waals surface area (Å²) in [4.78, 5) is 33.7. The van der Waals surface area contributed by atoms with E-state index in [2.05, 4.69) is 0 Å². The van der Waals surface area contributed by atoms with E-state index in [1.54, 1.807) is 35.2 Å². The summed E-state index contributed by atoms with van der Waals surface area (Å²) in [5, 5.41) is 9.45. The third kappa shape index (κ3) is 5.57. The maximum atomic E-state index is 12.9. The van der Waals surface area contributed by atoms with Crippen LogP contribution in [0.3, 0.4) is 0 Å². The Bertz CT molecular complexity index is 968. The number of carbonyl (C=O) groups excluding carboxylic acids is 2. The number of rotatable bonds is 4. The van der Waals surface area contributed by atoms with Crippen LogP contribution in [0, 0.1) is 4.91 Å². The molecule has 0 aromatic heterocycles. The number of carbonyl (C=O) groups is 2. The molecule has 0 aliphatic carbocycles. The maximum absolute atomic E-state index is 12.9. The highest BCUT2D eigenvalue weighted by atomic mass is 35.5. The molecule has 11 heteroatoms. The molecular formula is C21H25ClN3O6S+. The lowest BCUT2D eigenvalue weighted by molar-refractivity contribution is -0.382. The Morgan fingerprint density at radius 2 is 1.81 bits per heavy atom. The fourth-order valence-corrected chi connectivity index (χ4v) is 5.17. The number of para-hydroxylation sites is 1. The van der Waals surface area contributed by atoms with Gasteiger partial charge >= 0.3 is 6.09 Å². The van der Waals surface area contributed by atoms with Crippen LogP contribution in [0.25, 0.3) is 0 Å². The second kappa shape index (κ2) is 12.4. The summed E-state index contributed by atoms with van der Waals surface area (Å²) in [5.41, 5.74) is 2.02. The van der Waals surface area contributed by atoms with E-state index in [0.29, 0.717) is 41.5 Å². The zero-order valence-corrected chi connectivity index (χ0v) is 19.1. The number of amides is 1. The summed E-state index contributed by atoms with van der Waals surface area (Å²) in [6.45, 7) is 3.29. The van der Waals surface area contributed by atoms with Crippen molar-refractivity contribution < 1.29 is 28.8 Å². The zero-order valence-electron chi connectivity index (χ0n) is 17.5. The first-order valence-corrected chi connectivity index (χ1v) is 11.2. The van der Waals surface area contributed by atoms with Crippen molar-refractivity contribution in [2.24, 2.45) is 0 Å². The quantitative estimate of drug-likeness (QED) is 0.687. The molecule has 172 valence electrons. The Kier molecular flexibility index (Phi) is 9.92. The molecule has 0 radical (unpaired) electrons. The van der Waals surface area contributed by atoms with Crippen LogP contribution in [0.1, 0.15) is 18.4 Å². The van der Waals surface area contributed by atoms with Crippen LogP contribution >= 0.6 is 11.6 Å². The number of hydrogen-bond acceptors (Lipinski definition) is 6. The fraction of sp³-hybridized carbons (Fsp3) is 0.333. The molecule has 2 N–H and O–H groups in total. The highest BCUT2D eigenvalue weighted by Gasteiger charge is 2.36. The van der Waals surface area contributed by atoms with E-state index < -0.39 is 11.0 Å². The molecular weight excluding hydrogens is 458 g/mol. The number of anilines is 1. The van der Waals surface area contributed by atoms with Crippen molar-refractivity contribution in [2.45, 2.75) is 30.4 Å². The zero-order chi connectivity index (χ0) is 23.7. The molecule has 1 amide bonds. The van der Waals surface area contributed by atoms with Gasteiger partial charge in [-0.25, -0.2) is 13.3 Å². The van der Waals surface area contributed by atoms with Crippen LogP contribution in [-0.2, 0) is 27.1 Å². The molecule has 0 bridgehead atoms. The molecule has 1 unspecified atom stereocenters. The number of nitrogens with one attached hydrogen (secondary N) is 1. The summed E-state index contributed by atoms with van der Waals surface area (Å²) in [7, 11) is -0.439.